The van der Waals surface area contributed by atoms with Gasteiger partial charge in [0.15, 0.2) is 0 Å². The van der Waals surface area contributed by atoms with E-state index in [0.29, 0.717) is 6.61 Å². The topological polar surface area (TPSA) is 67.0 Å². The predicted octanol–water partition coefficient (Wildman–Crippen LogP) is 2.19. The lowest BCUT2D eigenvalue weighted by atomic mass is 10.1. The molecule has 0 saturated carbocycles. The fourth-order valence-electron chi connectivity index (χ4n) is 2.19. The molecule has 0 bridgehead atoms. The Morgan fingerprint density at radius 2 is 2.37 bits per heavy atom. The molecule has 1 aromatic carbocycles. The fourth-order valence-corrected chi connectivity index (χ4v) is 2.19. The molecule has 2 N–H and O–H groups in total. The molecule has 0 radical (unpaired) electrons. The molecule has 2 heterocycles. The third-order valence-electron chi connectivity index (χ3n) is 3.16. The number of aromatic amines is 1. The largest absolute Gasteiger partial charge is 0.368 e. The van der Waals surface area contributed by atoms with Gasteiger partial charge in [0.2, 0.25) is 0 Å². The number of anilines is 1. The maximum absolute atomic E-state index is 12.0. The molecule has 1 aliphatic rings. The van der Waals surface area contributed by atoms with Crippen LogP contribution in [-0.4, -0.2) is 28.8 Å². The van der Waals surface area contributed by atoms with Crippen LogP contribution in [0.15, 0.2) is 36.5 Å². The summed E-state index contributed by atoms with van der Waals surface area (Å²) in [6.45, 7) is 0.673. The first-order valence-electron chi connectivity index (χ1n) is 6.35. The smallest absolute Gasteiger partial charge is 0.253 e. The molecule has 3 rings (SSSR count). The van der Waals surface area contributed by atoms with Crippen molar-refractivity contribution in [2.24, 2.45) is 0 Å². The molecular weight excluding hydrogens is 242 g/mol. The Balaban J connectivity index is 1.74. The van der Waals surface area contributed by atoms with Crippen molar-refractivity contribution in [3.8, 4) is 11.3 Å². The molecule has 1 aliphatic heterocycles. The average molecular weight is 257 g/mol. The molecule has 5 heteroatoms. The van der Waals surface area contributed by atoms with E-state index in [9.17, 15) is 4.79 Å². The van der Waals surface area contributed by atoms with Crippen LogP contribution < -0.4 is 5.32 Å². The number of rotatable bonds is 3. The summed E-state index contributed by atoms with van der Waals surface area (Å²) in [6.07, 6.45) is 3.14. The second-order valence-electron chi connectivity index (χ2n) is 4.54. The zero-order valence-electron chi connectivity index (χ0n) is 10.4. The lowest BCUT2D eigenvalue weighted by molar-refractivity contribution is -0.124. The zero-order chi connectivity index (χ0) is 13.1. The van der Waals surface area contributed by atoms with E-state index in [4.69, 9.17) is 4.74 Å². The molecule has 19 heavy (non-hydrogen) atoms. The second kappa shape index (κ2) is 5.24. The number of ether oxygens (including phenoxy) is 1. The van der Waals surface area contributed by atoms with Gasteiger partial charge in [0.1, 0.15) is 6.10 Å². The van der Waals surface area contributed by atoms with E-state index in [2.05, 4.69) is 15.5 Å². The number of benzene rings is 1. The first-order valence-corrected chi connectivity index (χ1v) is 6.35. The minimum atomic E-state index is -0.309. The van der Waals surface area contributed by atoms with Gasteiger partial charge in [-0.05, 0) is 31.0 Å². The minimum Gasteiger partial charge on any atom is -0.368 e. The highest BCUT2D eigenvalue weighted by Gasteiger charge is 2.23. The van der Waals surface area contributed by atoms with E-state index < -0.39 is 0 Å². The summed E-state index contributed by atoms with van der Waals surface area (Å²) in [5.74, 6) is -0.0701. The summed E-state index contributed by atoms with van der Waals surface area (Å²) in [5, 5.41) is 9.71. The third-order valence-corrected chi connectivity index (χ3v) is 3.16. The van der Waals surface area contributed by atoms with Gasteiger partial charge in [-0.15, -0.1) is 0 Å². The van der Waals surface area contributed by atoms with Crippen LogP contribution in [0.3, 0.4) is 0 Å². The minimum absolute atomic E-state index is 0.0701. The van der Waals surface area contributed by atoms with Crippen molar-refractivity contribution in [1.29, 1.82) is 0 Å². The number of nitrogens with one attached hydrogen (secondary N) is 2. The molecule has 2 aromatic rings. The van der Waals surface area contributed by atoms with Crippen molar-refractivity contribution >= 4 is 11.6 Å². The summed E-state index contributed by atoms with van der Waals surface area (Å²) in [6, 6.07) is 9.55. The molecular formula is C14H15N3O2. The molecule has 1 saturated heterocycles. The van der Waals surface area contributed by atoms with Crippen LogP contribution >= 0.6 is 0 Å². The molecule has 98 valence electrons. The van der Waals surface area contributed by atoms with Gasteiger partial charge in [-0.1, -0.05) is 12.1 Å². The summed E-state index contributed by atoms with van der Waals surface area (Å²) in [4.78, 5) is 12.0. The highest BCUT2D eigenvalue weighted by atomic mass is 16.5. The second-order valence-corrected chi connectivity index (χ2v) is 4.54. The summed E-state index contributed by atoms with van der Waals surface area (Å²) in [7, 11) is 0. The monoisotopic (exact) mass is 257 g/mol. The van der Waals surface area contributed by atoms with Gasteiger partial charge in [0, 0.05) is 24.1 Å². The van der Waals surface area contributed by atoms with E-state index in [-0.39, 0.29) is 12.0 Å². The van der Waals surface area contributed by atoms with Gasteiger partial charge in [-0.2, -0.15) is 5.10 Å². The SMILES string of the molecule is O=C(Nc1cccc(-c2ccn[nH]2)c1)C1CCCO1. The standard InChI is InChI=1S/C14H15N3O2/c18-14(13-5-2-8-19-13)16-11-4-1-3-10(9-11)12-6-7-15-17-12/h1,3-4,6-7,9,13H,2,5,8H2,(H,15,17)(H,16,18). The highest BCUT2D eigenvalue weighted by molar-refractivity contribution is 5.94. The van der Waals surface area contributed by atoms with Gasteiger partial charge in [-0.3, -0.25) is 9.89 Å². The normalized spacial score (nSPS) is 18.4. The average Bonchev–Trinajstić information content (AvgIpc) is 3.13. The Morgan fingerprint density at radius 1 is 1.42 bits per heavy atom. The number of hydrogen-bond acceptors (Lipinski definition) is 3. The Morgan fingerprint density at radius 3 is 3.11 bits per heavy atom. The van der Waals surface area contributed by atoms with Crippen molar-refractivity contribution < 1.29 is 9.53 Å². The molecule has 1 unspecified atom stereocenters. The Kier molecular flexibility index (Phi) is 3.29. The van der Waals surface area contributed by atoms with Crippen molar-refractivity contribution in [2.75, 3.05) is 11.9 Å². The van der Waals surface area contributed by atoms with Crippen LogP contribution in [0.25, 0.3) is 11.3 Å². The van der Waals surface area contributed by atoms with Gasteiger partial charge in [0.25, 0.3) is 5.91 Å². The third kappa shape index (κ3) is 2.66. The molecule has 1 aromatic heterocycles. The summed E-state index contributed by atoms with van der Waals surface area (Å²) in [5.41, 5.74) is 2.68. The van der Waals surface area contributed by atoms with Crippen LogP contribution in [0, 0.1) is 0 Å². The number of aromatic nitrogens is 2. The van der Waals surface area contributed by atoms with Crippen LogP contribution in [0.1, 0.15) is 12.8 Å². The number of hydrogen-bond donors (Lipinski definition) is 2. The van der Waals surface area contributed by atoms with Gasteiger partial charge < -0.3 is 10.1 Å². The van der Waals surface area contributed by atoms with Gasteiger partial charge >= 0.3 is 0 Å². The Bertz CT molecular complexity index is 560. The number of H-pyrrole nitrogens is 1. The molecule has 0 aliphatic carbocycles. The number of carbonyl (C=O) groups excluding carboxylic acids is 1. The predicted molar refractivity (Wildman–Crippen MR) is 71.6 cm³/mol. The Labute approximate surface area is 111 Å². The first-order chi connectivity index (χ1) is 9.33. The van der Waals surface area contributed by atoms with E-state index in [0.717, 1.165) is 29.8 Å². The van der Waals surface area contributed by atoms with Crippen LogP contribution in [-0.2, 0) is 9.53 Å². The van der Waals surface area contributed by atoms with Crippen LogP contribution in [0.2, 0.25) is 0 Å². The van der Waals surface area contributed by atoms with Crippen LogP contribution in [0.5, 0.6) is 0 Å². The number of nitrogens with zero attached hydrogens (tertiary/aromatic N) is 1. The van der Waals surface area contributed by atoms with E-state index in [1.165, 1.54) is 0 Å². The lowest BCUT2D eigenvalue weighted by Crippen LogP contribution is -2.26. The maximum Gasteiger partial charge on any atom is 0.253 e. The van der Waals surface area contributed by atoms with Gasteiger partial charge in [0.05, 0.1) is 5.69 Å². The quantitative estimate of drug-likeness (QED) is 0.885. The maximum atomic E-state index is 12.0. The summed E-state index contributed by atoms with van der Waals surface area (Å²) >= 11 is 0. The van der Waals surface area contributed by atoms with E-state index in [1.807, 2.05) is 30.3 Å². The molecule has 1 amide bonds. The van der Waals surface area contributed by atoms with Crippen LogP contribution in [0.4, 0.5) is 5.69 Å². The first kappa shape index (κ1) is 11.9. The van der Waals surface area contributed by atoms with Crippen molar-refractivity contribution in [3.05, 3.63) is 36.5 Å². The zero-order valence-corrected chi connectivity index (χ0v) is 10.4. The van der Waals surface area contributed by atoms with Crippen molar-refractivity contribution in [3.63, 3.8) is 0 Å². The van der Waals surface area contributed by atoms with E-state index >= 15 is 0 Å². The summed E-state index contributed by atoms with van der Waals surface area (Å²) < 4.78 is 5.36. The lowest BCUT2D eigenvalue weighted by Gasteiger charge is -2.11. The molecule has 5 nitrogen and oxygen atoms in total. The van der Waals surface area contributed by atoms with Crippen molar-refractivity contribution in [2.45, 2.75) is 18.9 Å². The van der Waals surface area contributed by atoms with E-state index in [1.54, 1.807) is 6.20 Å². The number of amides is 1. The molecule has 1 fully saturated rings. The molecule has 0 spiro atoms. The Hall–Kier alpha value is -2.14. The molecule has 1 atom stereocenters. The highest BCUT2D eigenvalue weighted by Crippen LogP contribution is 2.21. The number of carbonyl (C=O) groups is 1. The van der Waals surface area contributed by atoms with Crippen molar-refractivity contribution in [1.82, 2.24) is 10.2 Å². The van der Waals surface area contributed by atoms with Gasteiger partial charge in [-0.25, -0.2) is 0 Å². The fraction of sp³-hybridized carbons (Fsp3) is 0.286.